The largest absolute Gasteiger partial charge is 0.497 e. The minimum atomic E-state index is 0.179. The molecule has 1 saturated heterocycles. The molecule has 1 unspecified atom stereocenters. The predicted molar refractivity (Wildman–Crippen MR) is 112 cm³/mol. The van der Waals surface area contributed by atoms with Gasteiger partial charge in [-0.3, -0.25) is 14.7 Å². The fourth-order valence-electron chi connectivity index (χ4n) is 3.61. The van der Waals surface area contributed by atoms with Gasteiger partial charge < -0.3 is 20.7 Å². The van der Waals surface area contributed by atoms with Gasteiger partial charge in [0.2, 0.25) is 5.91 Å². The van der Waals surface area contributed by atoms with E-state index in [1.54, 1.807) is 14.2 Å². The number of hydrogen-bond acceptors (Lipinski definition) is 4. The Morgan fingerprint density at radius 3 is 2.43 bits per heavy atom. The molecule has 1 amide bonds. The number of rotatable bonds is 9. The van der Waals surface area contributed by atoms with Crippen LogP contribution in [0.4, 0.5) is 0 Å². The van der Waals surface area contributed by atoms with Crippen molar-refractivity contribution in [3.8, 4) is 5.75 Å². The monoisotopic (exact) mass is 387 g/mol. The summed E-state index contributed by atoms with van der Waals surface area (Å²) in [5.41, 5.74) is 1.28. The number of amides is 1. The maximum Gasteiger partial charge on any atom is 0.223 e. The average Bonchev–Trinajstić information content (AvgIpc) is 3.45. The van der Waals surface area contributed by atoms with Crippen molar-refractivity contribution in [2.24, 2.45) is 10.9 Å². The molecule has 1 aliphatic heterocycles. The summed E-state index contributed by atoms with van der Waals surface area (Å²) in [5, 5.41) is 9.70. The second-order valence-corrected chi connectivity index (χ2v) is 7.48. The zero-order chi connectivity index (χ0) is 19.8. The van der Waals surface area contributed by atoms with Crippen LogP contribution in [0.25, 0.3) is 0 Å². The summed E-state index contributed by atoms with van der Waals surface area (Å²) in [7, 11) is 3.47. The normalized spacial score (nSPS) is 18.6. The number of carbonyl (C=O) groups excluding carboxylic acids is 1. The van der Waals surface area contributed by atoms with Gasteiger partial charge in [-0.2, -0.15) is 0 Å². The molecule has 0 spiro atoms. The summed E-state index contributed by atoms with van der Waals surface area (Å²) in [5.74, 6) is 2.07. The number of nitrogens with zero attached hydrogens (tertiary/aromatic N) is 2. The SMILES string of the molecule is CN=C(NCCNC(=O)C1CC1)NCC(c1ccc(OC)cc1)N1CCCC1. The lowest BCUT2D eigenvalue weighted by atomic mass is 10.1. The molecule has 154 valence electrons. The van der Waals surface area contributed by atoms with E-state index in [0.717, 1.165) is 44.2 Å². The molecule has 2 fully saturated rings. The van der Waals surface area contributed by atoms with E-state index in [1.807, 2.05) is 12.1 Å². The van der Waals surface area contributed by atoms with Gasteiger partial charge >= 0.3 is 0 Å². The number of likely N-dealkylation sites (tertiary alicyclic amines) is 1. The van der Waals surface area contributed by atoms with Crippen LogP contribution in [0.1, 0.15) is 37.3 Å². The van der Waals surface area contributed by atoms with E-state index in [0.29, 0.717) is 19.1 Å². The molecule has 7 nitrogen and oxygen atoms in total. The Bertz CT molecular complexity index is 651. The molecule has 1 aliphatic carbocycles. The van der Waals surface area contributed by atoms with Gasteiger partial charge in [0.25, 0.3) is 0 Å². The van der Waals surface area contributed by atoms with Crippen LogP contribution in [0.15, 0.2) is 29.3 Å². The minimum Gasteiger partial charge on any atom is -0.497 e. The Hall–Kier alpha value is -2.28. The first kappa shape index (κ1) is 20.5. The van der Waals surface area contributed by atoms with Crippen molar-refractivity contribution in [2.45, 2.75) is 31.7 Å². The van der Waals surface area contributed by atoms with Gasteiger partial charge in [0.15, 0.2) is 5.96 Å². The molecule has 1 aromatic rings. The standard InChI is InChI=1S/C21H33N5O2/c1-22-21(24-12-11-23-20(27)17-5-6-17)25-15-19(26-13-3-4-14-26)16-7-9-18(28-2)10-8-16/h7-10,17,19H,3-6,11-15H2,1-2H3,(H,23,27)(H2,22,24,25). The molecule has 1 heterocycles. The van der Waals surface area contributed by atoms with Crippen molar-refractivity contribution >= 4 is 11.9 Å². The Morgan fingerprint density at radius 1 is 1.14 bits per heavy atom. The number of nitrogens with one attached hydrogen (secondary N) is 3. The zero-order valence-corrected chi connectivity index (χ0v) is 17.0. The second-order valence-electron chi connectivity index (χ2n) is 7.48. The zero-order valence-electron chi connectivity index (χ0n) is 17.0. The topological polar surface area (TPSA) is 78.0 Å². The molecule has 0 radical (unpaired) electrons. The van der Waals surface area contributed by atoms with Gasteiger partial charge in [-0.05, 0) is 56.5 Å². The molecule has 1 atom stereocenters. The quantitative estimate of drug-likeness (QED) is 0.340. The summed E-state index contributed by atoms with van der Waals surface area (Å²) in [6, 6.07) is 8.63. The van der Waals surface area contributed by atoms with Gasteiger partial charge in [-0.25, -0.2) is 0 Å². The molecular weight excluding hydrogens is 354 g/mol. The third-order valence-corrected chi connectivity index (χ3v) is 5.43. The summed E-state index contributed by atoms with van der Waals surface area (Å²) < 4.78 is 5.29. The Kier molecular flexibility index (Phi) is 7.54. The Morgan fingerprint density at radius 2 is 1.82 bits per heavy atom. The molecular formula is C21H33N5O2. The first-order chi connectivity index (χ1) is 13.7. The van der Waals surface area contributed by atoms with Crippen LogP contribution in [0, 0.1) is 5.92 Å². The van der Waals surface area contributed by atoms with E-state index in [2.05, 4.69) is 38.0 Å². The highest BCUT2D eigenvalue weighted by atomic mass is 16.5. The van der Waals surface area contributed by atoms with Gasteiger partial charge in [0, 0.05) is 32.6 Å². The van der Waals surface area contributed by atoms with Gasteiger partial charge in [0.1, 0.15) is 5.75 Å². The fraction of sp³-hybridized carbons (Fsp3) is 0.619. The Labute approximate surface area is 167 Å². The molecule has 0 aromatic heterocycles. The highest BCUT2D eigenvalue weighted by Gasteiger charge is 2.29. The van der Waals surface area contributed by atoms with Gasteiger partial charge in [-0.1, -0.05) is 12.1 Å². The molecule has 3 rings (SSSR count). The van der Waals surface area contributed by atoms with Crippen molar-refractivity contribution in [3.05, 3.63) is 29.8 Å². The van der Waals surface area contributed by atoms with Crippen LogP contribution in [-0.4, -0.2) is 63.6 Å². The lowest BCUT2D eigenvalue weighted by Gasteiger charge is -2.29. The number of aliphatic imine (C=N–C) groups is 1. The van der Waals surface area contributed by atoms with Crippen molar-refractivity contribution < 1.29 is 9.53 Å². The lowest BCUT2D eigenvalue weighted by molar-refractivity contribution is -0.122. The van der Waals surface area contributed by atoms with Gasteiger partial charge in [-0.15, -0.1) is 0 Å². The number of guanidine groups is 1. The fourth-order valence-corrected chi connectivity index (χ4v) is 3.61. The number of carbonyl (C=O) groups is 1. The molecule has 1 saturated carbocycles. The van der Waals surface area contributed by atoms with Crippen LogP contribution < -0.4 is 20.7 Å². The molecule has 28 heavy (non-hydrogen) atoms. The van der Waals surface area contributed by atoms with E-state index in [4.69, 9.17) is 4.74 Å². The van der Waals surface area contributed by atoms with E-state index in [9.17, 15) is 4.79 Å². The van der Waals surface area contributed by atoms with Crippen LogP contribution >= 0.6 is 0 Å². The predicted octanol–water partition coefficient (Wildman–Crippen LogP) is 1.52. The molecule has 3 N–H and O–H groups in total. The van der Waals surface area contributed by atoms with Crippen LogP contribution in [0.5, 0.6) is 5.75 Å². The highest BCUT2D eigenvalue weighted by molar-refractivity contribution is 5.81. The van der Waals surface area contributed by atoms with Crippen LogP contribution in [0.3, 0.4) is 0 Å². The van der Waals surface area contributed by atoms with E-state index < -0.39 is 0 Å². The summed E-state index contributed by atoms with van der Waals surface area (Å²) in [6.07, 6.45) is 4.57. The number of hydrogen-bond donors (Lipinski definition) is 3. The highest BCUT2D eigenvalue weighted by Crippen LogP contribution is 2.28. The summed E-state index contributed by atoms with van der Waals surface area (Å²) >= 11 is 0. The summed E-state index contributed by atoms with van der Waals surface area (Å²) in [4.78, 5) is 18.5. The van der Waals surface area contributed by atoms with E-state index in [1.165, 1.54) is 18.4 Å². The van der Waals surface area contributed by atoms with Crippen molar-refractivity contribution in [3.63, 3.8) is 0 Å². The molecule has 0 bridgehead atoms. The first-order valence-electron chi connectivity index (χ1n) is 10.3. The number of methoxy groups -OCH3 is 1. The van der Waals surface area contributed by atoms with E-state index in [-0.39, 0.29) is 11.8 Å². The van der Waals surface area contributed by atoms with Crippen LogP contribution in [-0.2, 0) is 4.79 Å². The average molecular weight is 388 g/mol. The first-order valence-corrected chi connectivity index (χ1v) is 10.3. The van der Waals surface area contributed by atoms with Crippen molar-refractivity contribution in [1.29, 1.82) is 0 Å². The van der Waals surface area contributed by atoms with Crippen LogP contribution in [0.2, 0.25) is 0 Å². The maximum absolute atomic E-state index is 11.7. The van der Waals surface area contributed by atoms with E-state index >= 15 is 0 Å². The maximum atomic E-state index is 11.7. The summed E-state index contributed by atoms with van der Waals surface area (Å²) in [6.45, 7) is 4.30. The second kappa shape index (κ2) is 10.3. The molecule has 7 heteroatoms. The third-order valence-electron chi connectivity index (χ3n) is 5.43. The van der Waals surface area contributed by atoms with Crippen molar-refractivity contribution in [2.75, 3.05) is 46.9 Å². The molecule has 2 aliphatic rings. The smallest absolute Gasteiger partial charge is 0.223 e. The number of benzene rings is 1. The van der Waals surface area contributed by atoms with Crippen molar-refractivity contribution in [1.82, 2.24) is 20.9 Å². The Balaban J connectivity index is 1.49. The third kappa shape index (κ3) is 5.86. The number of ether oxygens (including phenoxy) is 1. The molecule has 1 aromatic carbocycles. The van der Waals surface area contributed by atoms with Gasteiger partial charge in [0.05, 0.1) is 13.2 Å². The lowest BCUT2D eigenvalue weighted by Crippen LogP contribution is -2.44. The minimum absolute atomic E-state index is 0.179.